The molecule has 0 aliphatic heterocycles. The van der Waals surface area contributed by atoms with Gasteiger partial charge in [-0.3, -0.25) is 0 Å². The highest BCUT2D eigenvalue weighted by Crippen LogP contribution is 2.31. The number of benzene rings is 1. The molecule has 0 saturated carbocycles. The number of alkyl halides is 3. The summed E-state index contributed by atoms with van der Waals surface area (Å²) in [5.41, 5.74) is 1.59. The lowest BCUT2D eigenvalue weighted by Gasteiger charge is -2.10. The molecule has 0 saturated heterocycles. The Balaban J connectivity index is 1.67. The Bertz CT molecular complexity index is 1070. The quantitative estimate of drug-likeness (QED) is 0.602. The summed E-state index contributed by atoms with van der Waals surface area (Å²) in [6, 6.07) is 10.2. The van der Waals surface area contributed by atoms with E-state index in [4.69, 9.17) is 0 Å². The van der Waals surface area contributed by atoms with E-state index in [0.29, 0.717) is 5.69 Å². The molecule has 1 N–H and O–H groups in total. The van der Waals surface area contributed by atoms with Gasteiger partial charge in [0.2, 0.25) is 5.95 Å². The summed E-state index contributed by atoms with van der Waals surface area (Å²) in [4.78, 5) is 8.44. The summed E-state index contributed by atoms with van der Waals surface area (Å²) in [6.07, 6.45) is 0.353. The van der Waals surface area contributed by atoms with E-state index in [9.17, 15) is 13.2 Å². The topological polar surface area (TPSA) is 68.0 Å². The molecule has 0 radical (unpaired) electrons. The SMILES string of the molecule is FC(F)(F)c1cccc(Nc2nccc(-c3cnn4ncccc34)n2)c1. The summed E-state index contributed by atoms with van der Waals surface area (Å²) in [5, 5.41) is 11.0. The molecule has 3 aromatic heterocycles. The first-order valence-electron chi connectivity index (χ1n) is 7.57. The Morgan fingerprint density at radius 2 is 1.85 bits per heavy atom. The van der Waals surface area contributed by atoms with Gasteiger partial charge in [0.15, 0.2) is 0 Å². The van der Waals surface area contributed by atoms with Gasteiger partial charge in [0.05, 0.1) is 23.0 Å². The van der Waals surface area contributed by atoms with Crippen LogP contribution in [0.2, 0.25) is 0 Å². The maximum absolute atomic E-state index is 12.8. The average molecular weight is 356 g/mol. The third kappa shape index (κ3) is 3.06. The van der Waals surface area contributed by atoms with E-state index in [1.165, 1.54) is 23.0 Å². The molecule has 3 heterocycles. The number of halogens is 3. The fourth-order valence-electron chi connectivity index (χ4n) is 2.50. The second kappa shape index (κ2) is 6.10. The third-order valence-corrected chi connectivity index (χ3v) is 3.68. The van der Waals surface area contributed by atoms with E-state index in [1.54, 1.807) is 24.5 Å². The van der Waals surface area contributed by atoms with Crippen molar-refractivity contribution < 1.29 is 13.2 Å². The molecule has 0 fully saturated rings. The Morgan fingerprint density at radius 3 is 2.69 bits per heavy atom. The van der Waals surface area contributed by atoms with Gasteiger partial charge in [-0.15, -0.1) is 0 Å². The monoisotopic (exact) mass is 356 g/mol. The lowest BCUT2D eigenvalue weighted by molar-refractivity contribution is -0.137. The zero-order valence-corrected chi connectivity index (χ0v) is 13.1. The van der Waals surface area contributed by atoms with Gasteiger partial charge in [-0.2, -0.15) is 28.0 Å². The Labute approximate surface area is 145 Å². The second-order valence-corrected chi connectivity index (χ2v) is 5.43. The minimum atomic E-state index is -4.41. The number of fused-ring (bicyclic) bond motifs is 1. The first-order valence-corrected chi connectivity index (χ1v) is 7.57. The van der Waals surface area contributed by atoms with Gasteiger partial charge < -0.3 is 5.32 Å². The lowest BCUT2D eigenvalue weighted by Crippen LogP contribution is -2.05. The summed E-state index contributed by atoms with van der Waals surface area (Å²) in [6.45, 7) is 0. The van der Waals surface area contributed by atoms with Crippen LogP contribution in [0.3, 0.4) is 0 Å². The van der Waals surface area contributed by atoms with Gasteiger partial charge in [-0.05, 0) is 36.4 Å². The second-order valence-electron chi connectivity index (χ2n) is 5.43. The average Bonchev–Trinajstić information content (AvgIpc) is 3.06. The van der Waals surface area contributed by atoms with Gasteiger partial charge >= 0.3 is 6.18 Å². The molecular weight excluding hydrogens is 345 g/mol. The molecule has 130 valence electrons. The first kappa shape index (κ1) is 16.0. The van der Waals surface area contributed by atoms with Gasteiger partial charge in [0.1, 0.15) is 0 Å². The van der Waals surface area contributed by atoms with Crippen LogP contribution in [0.15, 0.2) is 61.1 Å². The van der Waals surface area contributed by atoms with Crippen LogP contribution in [0.1, 0.15) is 5.56 Å². The van der Waals surface area contributed by atoms with Gasteiger partial charge in [0, 0.05) is 23.6 Å². The molecule has 0 unspecified atom stereocenters. The maximum atomic E-state index is 12.8. The Kier molecular flexibility index (Phi) is 3.76. The third-order valence-electron chi connectivity index (χ3n) is 3.68. The van der Waals surface area contributed by atoms with Gasteiger partial charge in [-0.25, -0.2) is 9.97 Å². The van der Waals surface area contributed by atoms with Crippen molar-refractivity contribution in [1.82, 2.24) is 24.8 Å². The number of hydrogen-bond donors (Lipinski definition) is 1. The Morgan fingerprint density at radius 1 is 0.962 bits per heavy atom. The van der Waals surface area contributed by atoms with E-state index in [-0.39, 0.29) is 11.6 Å². The summed E-state index contributed by atoms with van der Waals surface area (Å²) in [7, 11) is 0. The number of aromatic nitrogens is 5. The minimum Gasteiger partial charge on any atom is -0.324 e. The largest absolute Gasteiger partial charge is 0.416 e. The molecule has 4 rings (SSSR count). The van der Waals surface area contributed by atoms with Gasteiger partial charge in [-0.1, -0.05) is 6.07 Å². The molecule has 0 atom stereocenters. The molecule has 1 aromatic carbocycles. The fraction of sp³-hybridized carbons (Fsp3) is 0.0588. The van der Waals surface area contributed by atoms with Crippen LogP contribution in [-0.2, 0) is 6.18 Å². The van der Waals surface area contributed by atoms with E-state index in [2.05, 4.69) is 25.5 Å². The molecule has 0 aliphatic rings. The van der Waals surface area contributed by atoms with Crippen LogP contribution < -0.4 is 5.32 Å². The van der Waals surface area contributed by atoms with Crippen molar-refractivity contribution in [2.45, 2.75) is 6.18 Å². The number of hydrogen-bond acceptors (Lipinski definition) is 5. The zero-order valence-electron chi connectivity index (χ0n) is 13.1. The molecule has 4 aromatic rings. The summed E-state index contributed by atoms with van der Waals surface area (Å²) < 4.78 is 40.0. The molecule has 6 nitrogen and oxygen atoms in total. The molecule has 9 heteroatoms. The number of rotatable bonds is 3. The predicted molar refractivity (Wildman–Crippen MR) is 88.7 cm³/mol. The van der Waals surface area contributed by atoms with Crippen molar-refractivity contribution >= 4 is 17.2 Å². The Hall–Kier alpha value is -3.49. The van der Waals surface area contributed by atoms with Crippen molar-refractivity contribution in [2.75, 3.05) is 5.32 Å². The molecule has 26 heavy (non-hydrogen) atoms. The summed E-state index contributed by atoms with van der Waals surface area (Å²) in [5.74, 6) is 0.185. The van der Waals surface area contributed by atoms with Gasteiger partial charge in [0.25, 0.3) is 0 Å². The van der Waals surface area contributed by atoms with Crippen molar-refractivity contribution in [3.63, 3.8) is 0 Å². The standard InChI is InChI=1S/C17H11F3N6/c18-17(19,20)11-3-1-4-12(9-11)24-16-21-8-6-14(25-16)13-10-23-26-15(13)5-2-7-22-26/h1-10H,(H,21,24,25). The fourth-order valence-corrected chi connectivity index (χ4v) is 2.50. The van der Waals surface area contributed by atoms with Crippen LogP contribution in [0.25, 0.3) is 16.8 Å². The highest BCUT2D eigenvalue weighted by atomic mass is 19.4. The molecule has 0 spiro atoms. The van der Waals surface area contributed by atoms with Crippen molar-refractivity contribution in [1.29, 1.82) is 0 Å². The van der Waals surface area contributed by atoms with E-state index >= 15 is 0 Å². The van der Waals surface area contributed by atoms with Crippen LogP contribution in [0.5, 0.6) is 0 Å². The number of nitrogens with one attached hydrogen (secondary N) is 1. The number of anilines is 2. The molecule has 0 aliphatic carbocycles. The van der Waals surface area contributed by atoms with Crippen molar-refractivity contribution in [3.05, 3.63) is 66.6 Å². The molecular formula is C17H11F3N6. The van der Waals surface area contributed by atoms with E-state index < -0.39 is 11.7 Å². The highest BCUT2D eigenvalue weighted by Gasteiger charge is 2.30. The summed E-state index contributed by atoms with van der Waals surface area (Å²) >= 11 is 0. The molecule has 0 bridgehead atoms. The van der Waals surface area contributed by atoms with E-state index in [1.807, 2.05) is 6.07 Å². The first-order chi connectivity index (χ1) is 12.5. The van der Waals surface area contributed by atoms with Crippen molar-refractivity contribution in [3.8, 4) is 11.3 Å². The van der Waals surface area contributed by atoms with Crippen LogP contribution in [-0.4, -0.2) is 24.8 Å². The molecule has 0 amide bonds. The minimum absolute atomic E-state index is 0.185. The zero-order chi connectivity index (χ0) is 18.1. The van der Waals surface area contributed by atoms with Crippen LogP contribution in [0.4, 0.5) is 24.8 Å². The maximum Gasteiger partial charge on any atom is 0.416 e. The highest BCUT2D eigenvalue weighted by molar-refractivity contribution is 5.77. The smallest absolute Gasteiger partial charge is 0.324 e. The predicted octanol–water partition coefficient (Wildman–Crippen LogP) is 3.95. The number of nitrogens with zero attached hydrogens (tertiary/aromatic N) is 5. The van der Waals surface area contributed by atoms with Crippen LogP contribution >= 0.6 is 0 Å². The normalized spacial score (nSPS) is 11.7. The van der Waals surface area contributed by atoms with Crippen molar-refractivity contribution in [2.24, 2.45) is 0 Å². The van der Waals surface area contributed by atoms with Crippen LogP contribution in [0, 0.1) is 0 Å². The van der Waals surface area contributed by atoms with E-state index in [0.717, 1.165) is 23.2 Å². The lowest BCUT2D eigenvalue weighted by atomic mass is 10.2.